The van der Waals surface area contributed by atoms with Crippen molar-refractivity contribution in [3.63, 3.8) is 0 Å². The smallest absolute Gasteiger partial charge is 0.0348 e. The molecule has 0 radical (unpaired) electrons. The lowest BCUT2D eigenvalue weighted by molar-refractivity contribution is 0.674. The highest BCUT2D eigenvalue weighted by Crippen LogP contribution is 2.02. The largest absolute Gasteiger partial charge is 0.0991 e. The maximum absolute atomic E-state index is 3.61. The Morgan fingerprint density at radius 1 is 1.20 bits per heavy atom. The van der Waals surface area contributed by atoms with E-state index in [0.29, 0.717) is 0 Å². The van der Waals surface area contributed by atoms with E-state index in [-0.39, 0.29) is 0 Å². The first-order chi connectivity index (χ1) is 4.91. The summed E-state index contributed by atoms with van der Waals surface area (Å²) in [5.74, 6) is 0. The number of rotatable bonds is 6. The summed E-state index contributed by atoms with van der Waals surface area (Å²) in [4.78, 5) is 0. The molecule has 0 aromatic heterocycles. The van der Waals surface area contributed by atoms with Crippen molar-refractivity contribution >= 4 is 0 Å². The molecule has 10 heavy (non-hydrogen) atoms. The molecule has 0 aromatic rings. The molecule has 0 atom stereocenters. The maximum Gasteiger partial charge on any atom is -0.0348 e. The van der Waals surface area contributed by atoms with Crippen molar-refractivity contribution in [1.82, 2.24) is 0 Å². The summed E-state index contributed by atoms with van der Waals surface area (Å²) in [6.07, 6.45) is 12.7. The van der Waals surface area contributed by atoms with Gasteiger partial charge >= 0.3 is 0 Å². The fourth-order valence-corrected chi connectivity index (χ4v) is 0.881. The van der Waals surface area contributed by atoms with Crippen LogP contribution in [0.3, 0.4) is 0 Å². The Morgan fingerprint density at radius 3 is 2.60 bits per heavy atom. The Morgan fingerprint density at radius 2 is 2.00 bits per heavy atom. The van der Waals surface area contributed by atoms with Crippen LogP contribution >= 0.6 is 0 Å². The van der Waals surface area contributed by atoms with Gasteiger partial charge < -0.3 is 0 Å². The number of hydrogen-bond acceptors (Lipinski definition) is 0. The molecule has 0 aliphatic carbocycles. The molecule has 58 valence electrons. The van der Waals surface area contributed by atoms with Crippen LogP contribution < -0.4 is 0 Å². The highest BCUT2D eigenvalue weighted by atomic mass is 13.9. The van der Waals surface area contributed by atoms with E-state index in [4.69, 9.17) is 0 Å². The van der Waals surface area contributed by atoms with Gasteiger partial charge in [0.15, 0.2) is 0 Å². The van der Waals surface area contributed by atoms with Gasteiger partial charge in [-0.3, -0.25) is 0 Å². The molecule has 0 heterocycles. The number of unbranched alkanes of at least 4 members (excludes halogenated alkanes) is 4. The van der Waals surface area contributed by atoms with Crippen molar-refractivity contribution in [2.45, 2.75) is 39.0 Å². The molecule has 0 amide bonds. The van der Waals surface area contributed by atoms with E-state index in [0.717, 1.165) is 0 Å². The first-order valence-corrected chi connectivity index (χ1v) is 4.19. The quantitative estimate of drug-likeness (QED) is 0.388. The standard InChI is InChI=1S/C10H18/c1-3-5-7-9-10-8-6-4-2/h3,5,7H,1,4,6,8-10H2,2H3/b7-5-. The van der Waals surface area contributed by atoms with Crippen molar-refractivity contribution in [3.05, 3.63) is 24.8 Å². The molecule has 0 spiro atoms. The van der Waals surface area contributed by atoms with E-state index < -0.39 is 0 Å². The van der Waals surface area contributed by atoms with Crippen molar-refractivity contribution < 1.29 is 0 Å². The first-order valence-electron chi connectivity index (χ1n) is 4.19. The molecule has 0 rings (SSSR count). The fraction of sp³-hybridized carbons (Fsp3) is 0.600. The molecule has 0 nitrogen and oxygen atoms in total. The SMILES string of the molecule is C=C/C=C\CCCCCC. The van der Waals surface area contributed by atoms with Crippen molar-refractivity contribution in [3.8, 4) is 0 Å². The van der Waals surface area contributed by atoms with Crippen LogP contribution in [0.5, 0.6) is 0 Å². The van der Waals surface area contributed by atoms with Gasteiger partial charge in [0.2, 0.25) is 0 Å². The second kappa shape index (κ2) is 8.48. The van der Waals surface area contributed by atoms with Gasteiger partial charge in [0.25, 0.3) is 0 Å². The zero-order valence-corrected chi connectivity index (χ0v) is 6.97. The summed E-state index contributed by atoms with van der Waals surface area (Å²) in [6.45, 7) is 5.84. The normalized spacial score (nSPS) is 10.5. The van der Waals surface area contributed by atoms with E-state index in [1.165, 1.54) is 32.1 Å². The van der Waals surface area contributed by atoms with E-state index in [1.807, 2.05) is 12.2 Å². The Labute approximate surface area is 64.6 Å². The fourth-order valence-electron chi connectivity index (χ4n) is 0.881. The molecule has 0 heteroatoms. The molecule has 0 aliphatic rings. The summed E-state index contributed by atoms with van der Waals surface area (Å²) < 4.78 is 0. The molecular formula is C10H18. The van der Waals surface area contributed by atoms with Gasteiger partial charge in [-0.05, 0) is 12.8 Å². The summed E-state index contributed by atoms with van der Waals surface area (Å²) in [5.41, 5.74) is 0. The van der Waals surface area contributed by atoms with E-state index >= 15 is 0 Å². The van der Waals surface area contributed by atoms with E-state index in [2.05, 4.69) is 19.6 Å². The summed E-state index contributed by atoms with van der Waals surface area (Å²) in [5, 5.41) is 0. The first kappa shape index (κ1) is 9.48. The van der Waals surface area contributed by atoms with Gasteiger partial charge in [0, 0.05) is 0 Å². The maximum atomic E-state index is 3.61. The Hall–Kier alpha value is -0.520. The highest BCUT2D eigenvalue weighted by Gasteiger charge is 1.82. The minimum absolute atomic E-state index is 1.21. The van der Waals surface area contributed by atoms with Gasteiger partial charge in [0.05, 0.1) is 0 Å². The number of hydrogen-bond donors (Lipinski definition) is 0. The molecule has 0 fully saturated rings. The molecule has 0 unspecified atom stereocenters. The van der Waals surface area contributed by atoms with Crippen LogP contribution in [0.15, 0.2) is 24.8 Å². The predicted molar refractivity (Wildman–Crippen MR) is 48.1 cm³/mol. The second-order valence-electron chi connectivity index (χ2n) is 2.51. The molecular weight excluding hydrogens is 120 g/mol. The third-order valence-electron chi connectivity index (χ3n) is 1.50. The molecule has 0 bridgehead atoms. The average molecular weight is 138 g/mol. The van der Waals surface area contributed by atoms with Crippen LogP contribution in [0.1, 0.15) is 39.0 Å². The van der Waals surface area contributed by atoms with Gasteiger partial charge in [-0.1, -0.05) is 51.0 Å². The Balaban J connectivity index is 2.90. The van der Waals surface area contributed by atoms with Crippen molar-refractivity contribution in [2.24, 2.45) is 0 Å². The summed E-state index contributed by atoms with van der Waals surface area (Å²) in [6, 6.07) is 0. The van der Waals surface area contributed by atoms with Crippen molar-refractivity contribution in [2.75, 3.05) is 0 Å². The van der Waals surface area contributed by atoms with Crippen LogP contribution in [0.25, 0.3) is 0 Å². The molecule has 0 saturated carbocycles. The molecule has 0 aliphatic heterocycles. The zero-order chi connectivity index (χ0) is 7.66. The van der Waals surface area contributed by atoms with Crippen LogP contribution in [0.2, 0.25) is 0 Å². The van der Waals surface area contributed by atoms with Crippen LogP contribution in [-0.4, -0.2) is 0 Å². The molecule has 0 saturated heterocycles. The monoisotopic (exact) mass is 138 g/mol. The lowest BCUT2D eigenvalue weighted by atomic mass is 10.1. The van der Waals surface area contributed by atoms with Crippen LogP contribution in [-0.2, 0) is 0 Å². The zero-order valence-electron chi connectivity index (χ0n) is 6.97. The highest BCUT2D eigenvalue weighted by molar-refractivity contribution is 4.96. The van der Waals surface area contributed by atoms with Gasteiger partial charge in [-0.25, -0.2) is 0 Å². The van der Waals surface area contributed by atoms with E-state index in [1.54, 1.807) is 0 Å². The van der Waals surface area contributed by atoms with Crippen molar-refractivity contribution in [1.29, 1.82) is 0 Å². The Kier molecular flexibility index (Phi) is 8.04. The molecule has 0 N–H and O–H groups in total. The predicted octanol–water partition coefficient (Wildman–Crippen LogP) is 3.70. The summed E-state index contributed by atoms with van der Waals surface area (Å²) in [7, 11) is 0. The topological polar surface area (TPSA) is 0 Å². The third-order valence-corrected chi connectivity index (χ3v) is 1.50. The molecule has 0 aromatic carbocycles. The van der Waals surface area contributed by atoms with Crippen LogP contribution in [0.4, 0.5) is 0 Å². The Bertz CT molecular complexity index is 90.2. The lowest BCUT2D eigenvalue weighted by Crippen LogP contribution is -1.72. The lowest BCUT2D eigenvalue weighted by Gasteiger charge is -1.92. The minimum atomic E-state index is 1.21. The van der Waals surface area contributed by atoms with E-state index in [9.17, 15) is 0 Å². The average Bonchev–Trinajstić information content (AvgIpc) is 1.97. The minimum Gasteiger partial charge on any atom is -0.0991 e. The van der Waals surface area contributed by atoms with Gasteiger partial charge in [0.1, 0.15) is 0 Å². The summed E-state index contributed by atoms with van der Waals surface area (Å²) >= 11 is 0. The second-order valence-corrected chi connectivity index (χ2v) is 2.51. The third kappa shape index (κ3) is 7.48. The van der Waals surface area contributed by atoms with Crippen LogP contribution in [0, 0.1) is 0 Å². The number of allylic oxidation sites excluding steroid dienone is 3. The van der Waals surface area contributed by atoms with Gasteiger partial charge in [-0.2, -0.15) is 0 Å². The van der Waals surface area contributed by atoms with Gasteiger partial charge in [-0.15, -0.1) is 0 Å².